The van der Waals surface area contributed by atoms with Gasteiger partial charge in [-0.05, 0) is 36.6 Å². The van der Waals surface area contributed by atoms with Crippen LogP contribution in [-0.4, -0.2) is 0 Å². The lowest BCUT2D eigenvalue weighted by Crippen LogP contribution is -1.91. The number of hydrogen-bond donors (Lipinski definition) is 0. The largest absolute Gasteiger partial charge is 0.455 e. The number of benzene rings is 2. The first-order valence-corrected chi connectivity index (χ1v) is 8.34. The van der Waals surface area contributed by atoms with Crippen molar-refractivity contribution in [1.29, 1.82) is 0 Å². The highest BCUT2D eigenvalue weighted by Gasteiger charge is 2.08. The van der Waals surface area contributed by atoms with Gasteiger partial charge in [0.05, 0.1) is 5.02 Å². The Kier molecular flexibility index (Phi) is 5.93. The summed E-state index contributed by atoms with van der Waals surface area (Å²) in [5.74, 6) is 1.55. The topological polar surface area (TPSA) is 9.23 Å². The first-order valence-electron chi connectivity index (χ1n) is 6.84. The summed E-state index contributed by atoms with van der Waals surface area (Å²) >= 11 is 9.67. The average Bonchev–Trinajstić information content (AvgIpc) is 2.48. The van der Waals surface area contributed by atoms with Crippen LogP contribution in [0, 0.1) is 0 Å². The maximum absolute atomic E-state index is 6.21. The smallest absolute Gasteiger partial charge is 0.150 e. The Hall–Kier alpha value is -0.990. The van der Waals surface area contributed by atoms with Crippen LogP contribution < -0.4 is 4.74 Å². The van der Waals surface area contributed by atoms with Crippen LogP contribution in [0.25, 0.3) is 0 Å². The molecular formula is C17H18BrClO. The second-order valence-corrected chi connectivity index (χ2v) is 5.68. The molecule has 0 fully saturated rings. The third-order valence-electron chi connectivity index (χ3n) is 3.15. The molecule has 0 aliphatic heterocycles. The van der Waals surface area contributed by atoms with E-state index in [-0.39, 0.29) is 0 Å². The van der Waals surface area contributed by atoms with Gasteiger partial charge in [-0.1, -0.05) is 65.1 Å². The molecule has 0 saturated heterocycles. The molecule has 2 rings (SSSR count). The molecule has 106 valence electrons. The summed E-state index contributed by atoms with van der Waals surface area (Å²) in [7, 11) is 0. The van der Waals surface area contributed by atoms with Crippen molar-refractivity contribution in [3.05, 3.63) is 58.6 Å². The zero-order valence-corrected chi connectivity index (χ0v) is 13.9. The lowest BCUT2D eigenvalue weighted by atomic mass is 10.1. The van der Waals surface area contributed by atoms with E-state index in [9.17, 15) is 0 Å². The highest BCUT2D eigenvalue weighted by atomic mass is 79.9. The molecule has 0 bridgehead atoms. The molecule has 0 spiro atoms. The summed E-state index contributed by atoms with van der Waals surface area (Å²) in [5.41, 5.74) is 2.40. The van der Waals surface area contributed by atoms with Gasteiger partial charge in [-0.25, -0.2) is 0 Å². The number of hydrogen-bond acceptors (Lipinski definition) is 1. The highest BCUT2D eigenvalue weighted by Crippen LogP contribution is 2.34. The third kappa shape index (κ3) is 4.00. The number of halogens is 2. The molecule has 0 heterocycles. The van der Waals surface area contributed by atoms with Crippen molar-refractivity contribution in [2.24, 2.45) is 0 Å². The van der Waals surface area contributed by atoms with Gasteiger partial charge in [-0.15, -0.1) is 0 Å². The van der Waals surface area contributed by atoms with E-state index in [1.807, 2.05) is 30.3 Å². The summed E-state index contributed by atoms with van der Waals surface area (Å²) in [6.07, 6.45) is 3.56. The van der Waals surface area contributed by atoms with Gasteiger partial charge < -0.3 is 4.74 Å². The predicted molar refractivity (Wildman–Crippen MR) is 89.2 cm³/mol. The van der Waals surface area contributed by atoms with E-state index in [2.05, 4.69) is 35.0 Å². The number of rotatable bonds is 6. The second kappa shape index (κ2) is 7.70. The maximum atomic E-state index is 6.21. The van der Waals surface area contributed by atoms with E-state index in [0.717, 1.165) is 28.8 Å². The molecule has 3 heteroatoms. The van der Waals surface area contributed by atoms with Gasteiger partial charge in [-0.2, -0.15) is 0 Å². The molecule has 0 aromatic heterocycles. The SMILES string of the molecule is CCCCc1ccc(Oc2c(Cl)cccc2CBr)cc1. The summed E-state index contributed by atoms with van der Waals surface area (Å²) < 4.78 is 5.93. The van der Waals surface area contributed by atoms with Gasteiger partial charge in [0.2, 0.25) is 0 Å². The number of alkyl halides is 1. The van der Waals surface area contributed by atoms with E-state index >= 15 is 0 Å². The van der Waals surface area contributed by atoms with Crippen LogP contribution in [-0.2, 0) is 11.8 Å². The van der Waals surface area contributed by atoms with Crippen molar-refractivity contribution in [3.8, 4) is 11.5 Å². The van der Waals surface area contributed by atoms with Crippen molar-refractivity contribution in [2.45, 2.75) is 31.5 Å². The van der Waals surface area contributed by atoms with Crippen molar-refractivity contribution in [3.63, 3.8) is 0 Å². The lowest BCUT2D eigenvalue weighted by molar-refractivity contribution is 0.478. The number of para-hydroxylation sites is 1. The fraction of sp³-hybridized carbons (Fsp3) is 0.294. The quantitative estimate of drug-likeness (QED) is 0.548. The third-order valence-corrected chi connectivity index (χ3v) is 4.06. The van der Waals surface area contributed by atoms with Gasteiger partial charge in [0.15, 0.2) is 0 Å². The Bertz CT molecular complexity index is 551. The van der Waals surface area contributed by atoms with Crippen molar-refractivity contribution >= 4 is 27.5 Å². The van der Waals surface area contributed by atoms with E-state index in [1.54, 1.807) is 0 Å². The van der Waals surface area contributed by atoms with Crippen LogP contribution in [0.4, 0.5) is 0 Å². The molecule has 0 radical (unpaired) electrons. The minimum atomic E-state index is 0.636. The first-order chi connectivity index (χ1) is 9.74. The normalized spacial score (nSPS) is 10.6. The fourth-order valence-electron chi connectivity index (χ4n) is 2.00. The molecule has 20 heavy (non-hydrogen) atoms. The van der Waals surface area contributed by atoms with Crippen LogP contribution >= 0.6 is 27.5 Å². The standard InChI is InChI=1S/C17H18BrClO/c1-2-3-5-13-8-10-15(11-9-13)20-17-14(12-18)6-4-7-16(17)19/h4,6-11H,2-3,5,12H2,1H3. The Morgan fingerprint density at radius 2 is 1.85 bits per heavy atom. The fourth-order valence-corrected chi connectivity index (χ4v) is 2.67. The van der Waals surface area contributed by atoms with Gasteiger partial charge in [0.25, 0.3) is 0 Å². The second-order valence-electron chi connectivity index (χ2n) is 4.71. The monoisotopic (exact) mass is 352 g/mol. The van der Waals surface area contributed by atoms with Crippen LogP contribution in [0.3, 0.4) is 0 Å². The Labute approximate surface area is 134 Å². The Balaban J connectivity index is 2.14. The van der Waals surface area contributed by atoms with Crippen molar-refractivity contribution < 1.29 is 4.74 Å². The Morgan fingerprint density at radius 3 is 2.50 bits per heavy atom. The lowest BCUT2D eigenvalue weighted by Gasteiger charge is -2.11. The zero-order valence-electron chi connectivity index (χ0n) is 11.5. The van der Waals surface area contributed by atoms with Crippen LogP contribution in [0.2, 0.25) is 5.02 Å². The summed E-state index contributed by atoms with van der Waals surface area (Å²) in [6, 6.07) is 14.0. The van der Waals surface area contributed by atoms with E-state index < -0.39 is 0 Å². The predicted octanol–water partition coefficient (Wildman–Crippen LogP) is 6.37. The van der Waals surface area contributed by atoms with Gasteiger partial charge in [-0.3, -0.25) is 0 Å². The molecule has 0 saturated carbocycles. The number of aryl methyl sites for hydroxylation is 1. The van der Waals surface area contributed by atoms with Crippen LogP contribution in [0.5, 0.6) is 11.5 Å². The first kappa shape index (κ1) is 15.4. The minimum Gasteiger partial charge on any atom is -0.455 e. The summed E-state index contributed by atoms with van der Waals surface area (Å²) in [4.78, 5) is 0. The van der Waals surface area contributed by atoms with Crippen LogP contribution in [0.1, 0.15) is 30.9 Å². The molecule has 2 aromatic carbocycles. The van der Waals surface area contributed by atoms with Crippen molar-refractivity contribution in [2.75, 3.05) is 0 Å². The average molecular weight is 354 g/mol. The molecule has 2 aromatic rings. The van der Waals surface area contributed by atoms with E-state index in [0.29, 0.717) is 5.02 Å². The molecule has 0 N–H and O–H groups in total. The number of ether oxygens (including phenoxy) is 1. The van der Waals surface area contributed by atoms with Gasteiger partial charge >= 0.3 is 0 Å². The van der Waals surface area contributed by atoms with Gasteiger partial charge in [0, 0.05) is 10.9 Å². The highest BCUT2D eigenvalue weighted by molar-refractivity contribution is 9.08. The van der Waals surface area contributed by atoms with Crippen molar-refractivity contribution in [1.82, 2.24) is 0 Å². The van der Waals surface area contributed by atoms with Gasteiger partial charge in [0.1, 0.15) is 11.5 Å². The van der Waals surface area contributed by atoms with Crippen LogP contribution in [0.15, 0.2) is 42.5 Å². The summed E-state index contributed by atoms with van der Waals surface area (Å²) in [5, 5.41) is 1.36. The Morgan fingerprint density at radius 1 is 1.10 bits per heavy atom. The number of unbranched alkanes of at least 4 members (excludes halogenated alkanes) is 1. The molecule has 1 nitrogen and oxygen atoms in total. The molecular weight excluding hydrogens is 336 g/mol. The minimum absolute atomic E-state index is 0.636. The molecule has 0 aliphatic carbocycles. The summed E-state index contributed by atoms with van der Waals surface area (Å²) in [6.45, 7) is 2.21. The maximum Gasteiger partial charge on any atom is 0.150 e. The molecule has 0 aliphatic rings. The molecule has 0 amide bonds. The molecule has 0 unspecified atom stereocenters. The van der Waals surface area contributed by atoms with E-state index in [4.69, 9.17) is 16.3 Å². The van der Waals surface area contributed by atoms with E-state index in [1.165, 1.54) is 18.4 Å². The zero-order chi connectivity index (χ0) is 14.4. The molecule has 0 atom stereocenters.